The molecule has 1 fully saturated rings. The van der Waals surface area contributed by atoms with Crippen LogP contribution >= 0.6 is 0 Å². The first-order valence-electron chi connectivity index (χ1n) is 7.53. The summed E-state index contributed by atoms with van der Waals surface area (Å²) in [7, 11) is 0. The summed E-state index contributed by atoms with van der Waals surface area (Å²) in [6, 6.07) is 4.18. The lowest BCUT2D eigenvalue weighted by Crippen LogP contribution is -2.35. The lowest BCUT2D eigenvalue weighted by molar-refractivity contribution is -0.133. The van der Waals surface area contributed by atoms with E-state index in [0.29, 0.717) is 11.3 Å². The van der Waals surface area contributed by atoms with Crippen LogP contribution in [0, 0.1) is 5.82 Å². The molecule has 0 spiro atoms. The number of hydrogen-bond donors (Lipinski definition) is 1. The van der Waals surface area contributed by atoms with E-state index in [2.05, 4.69) is 0 Å². The van der Waals surface area contributed by atoms with Gasteiger partial charge < -0.3 is 15.4 Å². The van der Waals surface area contributed by atoms with E-state index in [1.165, 1.54) is 18.9 Å². The van der Waals surface area contributed by atoms with Gasteiger partial charge in [-0.2, -0.15) is 0 Å². The Balaban J connectivity index is 1.90. The fourth-order valence-corrected chi connectivity index (χ4v) is 2.52. The van der Waals surface area contributed by atoms with Crippen molar-refractivity contribution < 1.29 is 13.9 Å². The van der Waals surface area contributed by atoms with Gasteiger partial charge >= 0.3 is 0 Å². The normalized spacial score (nSPS) is 17.2. The van der Waals surface area contributed by atoms with Crippen molar-refractivity contribution in [2.45, 2.75) is 38.6 Å². The second-order valence-electron chi connectivity index (χ2n) is 5.56. The van der Waals surface area contributed by atoms with Crippen LogP contribution in [0.3, 0.4) is 0 Å². The van der Waals surface area contributed by atoms with E-state index < -0.39 is 5.82 Å². The first-order valence-corrected chi connectivity index (χ1v) is 7.53. The number of likely N-dealkylation sites (tertiary alicyclic amines) is 1. The molecule has 21 heavy (non-hydrogen) atoms. The van der Waals surface area contributed by atoms with Gasteiger partial charge in [0, 0.05) is 30.8 Å². The summed E-state index contributed by atoms with van der Waals surface area (Å²) in [5.41, 5.74) is 6.10. The van der Waals surface area contributed by atoms with Crippen LogP contribution in [0.1, 0.15) is 44.2 Å². The molecule has 0 radical (unpaired) electrons. The minimum absolute atomic E-state index is 0.0337. The molecule has 0 unspecified atom stereocenters. The van der Waals surface area contributed by atoms with E-state index in [0.717, 1.165) is 25.9 Å². The number of nitrogens with two attached hydrogens (primary N) is 1. The van der Waals surface area contributed by atoms with E-state index >= 15 is 0 Å². The van der Waals surface area contributed by atoms with Gasteiger partial charge in [-0.25, -0.2) is 4.39 Å². The van der Waals surface area contributed by atoms with Crippen LogP contribution in [0.5, 0.6) is 5.75 Å². The smallest absolute Gasteiger partial charge is 0.260 e. The van der Waals surface area contributed by atoms with Gasteiger partial charge in [0.15, 0.2) is 6.61 Å². The van der Waals surface area contributed by atoms with Crippen LogP contribution < -0.4 is 10.5 Å². The standard InChI is InChI=1S/C16H23FN2O2/c1-12(18)14-7-6-13(10-15(14)17)21-11-16(20)19-8-4-2-3-5-9-19/h6-7,10,12H,2-5,8-9,11,18H2,1H3/t12-/m0/s1. The predicted octanol–water partition coefficient (Wildman–Crippen LogP) is 2.63. The van der Waals surface area contributed by atoms with Crippen LogP contribution in [-0.2, 0) is 4.79 Å². The second kappa shape index (κ2) is 7.41. The van der Waals surface area contributed by atoms with Gasteiger partial charge in [-0.15, -0.1) is 0 Å². The second-order valence-corrected chi connectivity index (χ2v) is 5.56. The Morgan fingerprint density at radius 1 is 1.33 bits per heavy atom. The van der Waals surface area contributed by atoms with Crippen molar-refractivity contribution in [3.63, 3.8) is 0 Å². The lowest BCUT2D eigenvalue weighted by atomic mass is 10.1. The Morgan fingerprint density at radius 3 is 2.57 bits per heavy atom. The fourth-order valence-electron chi connectivity index (χ4n) is 2.52. The zero-order valence-electron chi connectivity index (χ0n) is 12.5. The van der Waals surface area contributed by atoms with Crippen molar-refractivity contribution >= 4 is 5.91 Å². The molecule has 1 aliphatic rings. The highest BCUT2D eigenvalue weighted by molar-refractivity contribution is 5.77. The van der Waals surface area contributed by atoms with Crippen molar-refractivity contribution in [3.8, 4) is 5.75 Å². The van der Waals surface area contributed by atoms with Crippen molar-refractivity contribution in [2.75, 3.05) is 19.7 Å². The number of amides is 1. The lowest BCUT2D eigenvalue weighted by Gasteiger charge is -2.20. The van der Waals surface area contributed by atoms with Crippen molar-refractivity contribution in [2.24, 2.45) is 5.73 Å². The van der Waals surface area contributed by atoms with Gasteiger partial charge in [-0.1, -0.05) is 18.9 Å². The highest BCUT2D eigenvalue weighted by Crippen LogP contribution is 2.20. The van der Waals surface area contributed by atoms with Crippen molar-refractivity contribution in [3.05, 3.63) is 29.6 Å². The summed E-state index contributed by atoms with van der Waals surface area (Å²) >= 11 is 0. The molecule has 1 amide bonds. The molecule has 1 saturated heterocycles. The maximum Gasteiger partial charge on any atom is 0.260 e. The molecule has 5 heteroatoms. The number of nitrogens with zero attached hydrogens (tertiary/aromatic N) is 1. The molecule has 1 atom stereocenters. The van der Waals surface area contributed by atoms with Gasteiger partial charge in [-0.3, -0.25) is 4.79 Å². The molecule has 0 bridgehead atoms. The summed E-state index contributed by atoms with van der Waals surface area (Å²) in [6.07, 6.45) is 4.44. The predicted molar refractivity (Wildman–Crippen MR) is 79.5 cm³/mol. The minimum atomic E-state index is -0.398. The van der Waals surface area contributed by atoms with Gasteiger partial charge in [0.2, 0.25) is 0 Å². The maximum absolute atomic E-state index is 13.8. The van der Waals surface area contributed by atoms with E-state index in [-0.39, 0.29) is 18.6 Å². The SMILES string of the molecule is C[C@H](N)c1ccc(OCC(=O)N2CCCCCC2)cc1F. The third-order valence-electron chi connectivity index (χ3n) is 3.78. The molecule has 0 aromatic heterocycles. The monoisotopic (exact) mass is 294 g/mol. The molecule has 0 saturated carbocycles. The molecule has 1 aliphatic heterocycles. The Morgan fingerprint density at radius 2 is 2.00 bits per heavy atom. The highest BCUT2D eigenvalue weighted by Gasteiger charge is 2.16. The molecule has 0 aliphatic carbocycles. The molecule has 2 N–H and O–H groups in total. The number of halogens is 1. The van der Waals surface area contributed by atoms with Gasteiger partial charge in [0.1, 0.15) is 11.6 Å². The summed E-state index contributed by atoms with van der Waals surface area (Å²) in [5.74, 6) is -0.0710. The van der Waals surface area contributed by atoms with Crippen LogP contribution in [0.2, 0.25) is 0 Å². The fraction of sp³-hybridized carbons (Fsp3) is 0.562. The number of carbonyl (C=O) groups excluding carboxylic acids is 1. The third-order valence-corrected chi connectivity index (χ3v) is 3.78. The average Bonchev–Trinajstić information content (AvgIpc) is 2.73. The van der Waals surface area contributed by atoms with E-state index in [9.17, 15) is 9.18 Å². The largest absolute Gasteiger partial charge is 0.484 e. The van der Waals surface area contributed by atoms with Crippen LogP contribution in [0.25, 0.3) is 0 Å². The Kier molecular flexibility index (Phi) is 5.56. The van der Waals surface area contributed by atoms with Crippen LogP contribution in [-0.4, -0.2) is 30.5 Å². The number of carbonyl (C=O) groups is 1. The Bertz CT molecular complexity index is 483. The van der Waals surface area contributed by atoms with Crippen molar-refractivity contribution in [1.29, 1.82) is 0 Å². The number of rotatable bonds is 4. The minimum Gasteiger partial charge on any atom is -0.484 e. The summed E-state index contributed by atoms with van der Waals surface area (Å²) < 4.78 is 19.2. The molecule has 4 nitrogen and oxygen atoms in total. The van der Waals surface area contributed by atoms with Gasteiger partial charge in [0.05, 0.1) is 0 Å². The van der Waals surface area contributed by atoms with E-state index in [4.69, 9.17) is 10.5 Å². The molecule has 1 aromatic carbocycles. The van der Waals surface area contributed by atoms with E-state index in [1.54, 1.807) is 19.1 Å². The summed E-state index contributed by atoms with van der Waals surface area (Å²) in [6.45, 7) is 3.26. The average molecular weight is 294 g/mol. The highest BCUT2D eigenvalue weighted by atomic mass is 19.1. The summed E-state index contributed by atoms with van der Waals surface area (Å²) in [5, 5.41) is 0. The Labute approximate surface area is 125 Å². The molecule has 116 valence electrons. The molecular weight excluding hydrogens is 271 g/mol. The number of hydrogen-bond acceptors (Lipinski definition) is 3. The molecule has 1 aromatic rings. The maximum atomic E-state index is 13.8. The molecule has 1 heterocycles. The zero-order chi connectivity index (χ0) is 15.2. The molecule has 2 rings (SSSR count). The first kappa shape index (κ1) is 15.8. The number of benzene rings is 1. The summed E-state index contributed by atoms with van der Waals surface area (Å²) in [4.78, 5) is 13.9. The third kappa shape index (κ3) is 4.43. The number of ether oxygens (including phenoxy) is 1. The van der Waals surface area contributed by atoms with Crippen LogP contribution in [0.15, 0.2) is 18.2 Å². The van der Waals surface area contributed by atoms with Crippen LogP contribution in [0.4, 0.5) is 4.39 Å². The quantitative estimate of drug-likeness (QED) is 0.928. The zero-order valence-corrected chi connectivity index (χ0v) is 12.5. The molecular formula is C16H23FN2O2. The van der Waals surface area contributed by atoms with Crippen molar-refractivity contribution in [1.82, 2.24) is 4.90 Å². The van der Waals surface area contributed by atoms with Gasteiger partial charge in [-0.05, 0) is 25.8 Å². The van der Waals surface area contributed by atoms with E-state index in [1.807, 2.05) is 4.90 Å². The van der Waals surface area contributed by atoms with Gasteiger partial charge in [0.25, 0.3) is 5.91 Å². The Hall–Kier alpha value is -1.62. The topological polar surface area (TPSA) is 55.6 Å². The first-order chi connectivity index (χ1) is 10.1.